The molecular formula is C12H23N3. The first kappa shape index (κ1) is 12.2. The van der Waals surface area contributed by atoms with Gasteiger partial charge in [-0.25, -0.2) is 0 Å². The Hall–Kier alpha value is -0.830. The van der Waals surface area contributed by atoms with E-state index in [0.29, 0.717) is 12.0 Å². The minimum atomic E-state index is 0.597. The van der Waals surface area contributed by atoms with Crippen LogP contribution in [0.25, 0.3) is 0 Å². The molecule has 0 aliphatic rings. The largest absolute Gasteiger partial charge is 0.317 e. The third kappa shape index (κ3) is 3.34. The fourth-order valence-electron chi connectivity index (χ4n) is 2.01. The molecule has 1 N–H and O–H groups in total. The molecule has 3 nitrogen and oxygen atoms in total. The zero-order chi connectivity index (χ0) is 11.4. The van der Waals surface area contributed by atoms with Crippen LogP contribution in [0.5, 0.6) is 0 Å². The van der Waals surface area contributed by atoms with Crippen LogP contribution in [0.2, 0.25) is 0 Å². The summed E-state index contributed by atoms with van der Waals surface area (Å²) in [5.74, 6) is 0.685. The summed E-state index contributed by atoms with van der Waals surface area (Å²) in [6, 6.07) is 2.77. The summed E-state index contributed by atoms with van der Waals surface area (Å²) >= 11 is 0. The van der Waals surface area contributed by atoms with E-state index in [-0.39, 0.29) is 0 Å². The number of nitrogens with zero attached hydrogens (tertiary/aromatic N) is 2. The molecule has 0 saturated heterocycles. The second-order valence-corrected chi connectivity index (χ2v) is 4.58. The molecule has 0 radical (unpaired) electrons. The Kier molecular flexibility index (Phi) is 4.33. The number of nitrogens with one attached hydrogen (secondary N) is 1. The van der Waals surface area contributed by atoms with Crippen molar-refractivity contribution in [3.8, 4) is 0 Å². The molecule has 0 aliphatic heterocycles. The molecule has 1 atom stereocenters. The second kappa shape index (κ2) is 5.31. The van der Waals surface area contributed by atoms with E-state index >= 15 is 0 Å². The Balaban J connectivity index is 2.52. The molecule has 0 fully saturated rings. The average molecular weight is 209 g/mol. The van der Waals surface area contributed by atoms with Crippen LogP contribution in [0.3, 0.4) is 0 Å². The number of aryl methyl sites for hydroxylation is 3. The Labute approximate surface area is 92.9 Å². The van der Waals surface area contributed by atoms with Crippen LogP contribution in [-0.2, 0) is 13.5 Å². The van der Waals surface area contributed by atoms with E-state index < -0.39 is 0 Å². The van der Waals surface area contributed by atoms with E-state index in [2.05, 4.69) is 30.3 Å². The molecule has 0 aliphatic carbocycles. The van der Waals surface area contributed by atoms with Crippen molar-refractivity contribution in [3.63, 3.8) is 0 Å². The minimum Gasteiger partial charge on any atom is -0.317 e. The second-order valence-electron chi connectivity index (χ2n) is 4.58. The van der Waals surface area contributed by atoms with Crippen LogP contribution in [0.4, 0.5) is 0 Å². The van der Waals surface area contributed by atoms with Crippen molar-refractivity contribution in [2.45, 2.75) is 39.7 Å². The number of rotatable bonds is 5. The van der Waals surface area contributed by atoms with Gasteiger partial charge in [0, 0.05) is 18.8 Å². The maximum absolute atomic E-state index is 4.36. The lowest BCUT2D eigenvalue weighted by Crippen LogP contribution is -2.31. The van der Waals surface area contributed by atoms with Crippen molar-refractivity contribution in [2.75, 3.05) is 7.05 Å². The maximum atomic E-state index is 4.36. The molecule has 0 bridgehead atoms. The van der Waals surface area contributed by atoms with Crippen molar-refractivity contribution in [2.24, 2.45) is 13.0 Å². The summed E-state index contributed by atoms with van der Waals surface area (Å²) in [7, 11) is 4.06. The predicted molar refractivity (Wildman–Crippen MR) is 64.0 cm³/mol. The van der Waals surface area contributed by atoms with Crippen molar-refractivity contribution >= 4 is 0 Å². The van der Waals surface area contributed by atoms with Gasteiger partial charge in [0.25, 0.3) is 0 Å². The first-order valence-corrected chi connectivity index (χ1v) is 5.71. The molecule has 15 heavy (non-hydrogen) atoms. The lowest BCUT2D eigenvalue weighted by molar-refractivity contribution is 0.399. The van der Waals surface area contributed by atoms with Gasteiger partial charge in [-0.15, -0.1) is 0 Å². The minimum absolute atomic E-state index is 0.597. The SMILES string of the molecule is CNC(CCc1cc(C)nn1C)C(C)C. The first-order chi connectivity index (χ1) is 7.04. The van der Waals surface area contributed by atoms with E-state index in [1.54, 1.807) is 0 Å². The zero-order valence-electron chi connectivity index (χ0n) is 10.5. The summed E-state index contributed by atoms with van der Waals surface area (Å²) in [6.07, 6.45) is 2.27. The molecule has 0 spiro atoms. The van der Waals surface area contributed by atoms with E-state index in [9.17, 15) is 0 Å². The summed E-state index contributed by atoms with van der Waals surface area (Å²) in [6.45, 7) is 6.56. The van der Waals surface area contributed by atoms with Gasteiger partial charge in [-0.1, -0.05) is 13.8 Å². The summed E-state index contributed by atoms with van der Waals surface area (Å²) < 4.78 is 1.99. The highest BCUT2D eigenvalue weighted by molar-refractivity contribution is 5.08. The molecule has 1 rings (SSSR count). The average Bonchev–Trinajstić information content (AvgIpc) is 2.45. The van der Waals surface area contributed by atoms with Gasteiger partial charge in [-0.3, -0.25) is 4.68 Å². The highest BCUT2D eigenvalue weighted by Crippen LogP contribution is 2.11. The molecule has 1 aromatic rings. The molecule has 0 amide bonds. The highest BCUT2D eigenvalue weighted by atomic mass is 15.3. The van der Waals surface area contributed by atoms with Crippen LogP contribution in [0.15, 0.2) is 6.07 Å². The monoisotopic (exact) mass is 209 g/mol. The molecule has 1 aromatic heterocycles. The van der Waals surface area contributed by atoms with Gasteiger partial charge in [-0.05, 0) is 38.8 Å². The molecule has 86 valence electrons. The van der Waals surface area contributed by atoms with Gasteiger partial charge < -0.3 is 5.32 Å². The van der Waals surface area contributed by atoms with Gasteiger partial charge in [0.05, 0.1) is 5.69 Å². The smallest absolute Gasteiger partial charge is 0.0596 e. The quantitative estimate of drug-likeness (QED) is 0.802. The van der Waals surface area contributed by atoms with Crippen molar-refractivity contribution in [3.05, 3.63) is 17.5 Å². The van der Waals surface area contributed by atoms with Gasteiger partial charge in [0.1, 0.15) is 0 Å². The van der Waals surface area contributed by atoms with Gasteiger partial charge >= 0.3 is 0 Å². The Morgan fingerprint density at radius 2 is 2.13 bits per heavy atom. The van der Waals surface area contributed by atoms with E-state index in [1.165, 1.54) is 12.1 Å². The molecular weight excluding hydrogens is 186 g/mol. The van der Waals surface area contributed by atoms with E-state index in [1.807, 2.05) is 25.7 Å². The number of hydrogen-bond acceptors (Lipinski definition) is 2. The molecule has 0 aromatic carbocycles. The first-order valence-electron chi connectivity index (χ1n) is 5.71. The Bertz CT molecular complexity index is 302. The number of aromatic nitrogens is 2. The maximum Gasteiger partial charge on any atom is 0.0596 e. The van der Waals surface area contributed by atoms with Crippen molar-refractivity contribution in [1.29, 1.82) is 0 Å². The molecule has 1 heterocycles. The van der Waals surface area contributed by atoms with Crippen LogP contribution in [0.1, 0.15) is 31.7 Å². The standard InChI is InChI=1S/C12H23N3/c1-9(2)12(13-4)7-6-11-8-10(3)14-15(11)5/h8-9,12-13H,6-7H2,1-5H3. The van der Waals surface area contributed by atoms with Crippen molar-refractivity contribution in [1.82, 2.24) is 15.1 Å². The molecule has 1 unspecified atom stereocenters. The lowest BCUT2D eigenvalue weighted by Gasteiger charge is -2.19. The number of hydrogen-bond donors (Lipinski definition) is 1. The van der Waals surface area contributed by atoms with Crippen LogP contribution >= 0.6 is 0 Å². The topological polar surface area (TPSA) is 29.9 Å². The summed E-state index contributed by atoms with van der Waals surface area (Å²) in [5, 5.41) is 7.72. The molecule has 0 saturated carbocycles. The van der Waals surface area contributed by atoms with Crippen LogP contribution in [0, 0.1) is 12.8 Å². The fraction of sp³-hybridized carbons (Fsp3) is 0.750. The summed E-state index contributed by atoms with van der Waals surface area (Å²) in [4.78, 5) is 0. The highest BCUT2D eigenvalue weighted by Gasteiger charge is 2.11. The normalized spacial score (nSPS) is 13.5. The predicted octanol–water partition coefficient (Wildman–Crippen LogP) is 1.91. The third-order valence-electron chi connectivity index (χ3n) is 2.99. The summed E-state index contributed by atoms with van der Waals surface area (Å²) in [5.41, 5.74) is 2.44. The zero-order valence-corrected chi connectivity index (χ0v) is 10.5. The Morgan fingerprint density at radius 1 is 1.47 bits per heavy atom. The van der Waals surface area contributed by atoms with Crippen molar-refractivity contribution < 1.29 is 0 Å². The van der Waals surface area contributed by atoms with Gasteiger partial charge in [-0.2, -0.15) is 5.10 Å². The molecule has 3 heteroatoms. The fourth-order valence-corrected chi connectivity index (χ4v) is 2.01. The van der Waals surface area contributed by atoms with Gasteiger partial charge in [0.15, 0.2) is 0 Å². The van der Waals surface area contributed by atoms with Crippen LogP contribution < -0.4 is 5.32 Å². The lowest BCUT2D eigenvalue weighted by atomic mass is 9.98. The van der Waals surface area contributed by atoms with E-state index in [4.69, 9.17) is 0 Å². The van der Waals surface area contributed by atoms with Gasteiger partial charge in [0.2, 0.25) is 0 Å². The third-order valence-corrected chi connectivity index (χ3v) is 2.99. The van der Waals surface area contributed by atoms with E-state index in [0.717, 1.165) is 12.1 Å². The van der Waals surface area contributed by atoms with Crippen LogP contribution in [-0.4, -0.2) is 22.9 Å². The Morgan fingerprint density at radius 3 is 2.53 bits per heavy atom.